The SMILES string of the molecule is CCCc1cccc(C(NN)C(C)(C)N(CC)CC)c1. The number of likely N-dealkylation sites (N-methyl/N-ethyl adjacent to an activating group) is 1. The molecule has 0 bridgehead atoms. The van der Waals surface area contributed by atoms with E-state index in [1.54, 1.807) is 0 Å². The predicted molar refractivity (Wildman–Crippen MR) is 87.5 cm³/mol. The molecule has 0 radical (unpaired) electrons. The van der Waals surface area contributed by atoms with Gasteiger partial charge in [0.1, 0.15) is 0 Å². The van der Waals surface area contributed by atoms with Crippen molar-refractivity contribution >= 4 is 0 Å². The van der Waals surface area contributed by atoms with E-state index in [-0.39, 0.29) is 11.6 Å². The van der Waals surface area contributed by atoms with Gasteiger partial charge in [-0.1, -0.05) is 51.5 Å². The van der Waals surface area contributed by atoms with Gasteiger partial charge >= 0.3 is 0 Å². The molecule has 0 saturated carbocycles. The molecule has 1 unspecified atom stereocenters. The van der Waals surface area contributed by atoms with Crippen LogP contribution in [0.5, 0.6) is 0 Å². The molecule has 0 fully saturated rings. The lowest BCUT2D eigenvalue weighted by Crippen LogP contribution is -2.54. The Morgan fingerprint density at radius 1 is 1.20 bits per heavy atom. The number of hydrazine groups is 1. The van der Waals surface area contributed by atoms with Crippen molar-refractivity contribution in [3.63, 3.8) is 0 Å². The van der Waals surface area contributed by atoms with Crippen LogP contribution in [-0.4, -0.2) is 23.5 Å². The molecule has 0 aliphatic rings. The molecule has 20 heavy (non-hydrogen) atoms. The third kappa shape index (κ3) is 3.81. The normalized spacial score (nSPS) is 13.8. The van der Waals surface area contributed by atoms with Gasteiger partial charge in [0.25, 0.3) is 0 Å². The standard InChI is InChI=1S/C17H31N3/c1-6-10-14-11-9-12-15(13-14)16(19-18)17(4,5)20(7-2)8-3/h9,11-13,16,19H,6-8,10,18H2,1-5H3. The second kappa shape index (κ2) is 7.77. The van der Waals surface area contributed by atoms with E-state index in [9.17, 15) is 0 Å². The van der Waals surface area contributed by atoms with Gasteiger partial charge in [0, 0.05) is 5.54 Å². The van der Waals surface area contributed by atoms with Crippen molar-refractivity contribution in [1.29, 1.82) is 0 Å². The van der Waals surface area contributed by atoms with Crippen LogP contribution in [-0.2, 0) is 6.42 Å². The second-order valence-electron chi connectivity index (χ2n) is 5.92. The van der Waals surface area contributed by atoms with Gasteiger partial charge in [-0.3, -0.25) is 16.2 Å². The summed E-state index contributed by atoms with van der Waals surface area (Å²) in [5.74, 6) is 5.89. The molecule has 1 rings (SSSR count). The summed E-state index contributed by atoms with van der Waals surface area (Å²) in [7, 11) is 0. The number of rotatable bonds is 8. The van der Waals surface area contributed by atoms with Crippen molar-refractivity contribution in [3.8, 4) is 0 Å². The van der Waals surface area contributed by atoms with E-state index in [0.29, 0.717) is 0 Å². The first-order valence-corrected chi connectivity index (χ1v) is 7.81. The first-order chi connectivity index (χ1) is 9.51. The zero-order valence-corrected chi connectivity index (χ0v) is 13.7. The fraction of sp³-hybridized carbons (Fsp3) is 0.647. The highest BCUT2D eigenvalue weighted by molar-refractivity contribution is 5.28. The molecular weight excluding hydrogens is 246 g/mol. The third-order valence-electron chi connectivity index (χ3n) is 4.27. The van der Waals surface area contributed by atoms with Crippen LogP contribution in [0.1, 0.15) is 58.2 Å². The van der Waals surface area contributed by atoms with Gasteiger partial charge in [-0.05, 0) is 44.5 Å². The molecule has 0 aliphatic heterocycles. The van der Waals surface area contributed by atoms with E-state index in [2.05, 4.69) is 69.2 Å². The third-order valence-corrected chi connectivity index (χ3v) is 4.27. The Morgan fingerprint density at radius 2 is 1.85 bits per heavy atom. The highest BCUT2D eigenvalue weighted by atomic mass is 15.3. The number of nitrogens with zero attached hydrogens (tertiary/aromatic N) is 1. The molecular formula is C17H31N3. The summed E-state index contributed by atoms with van der Waals surface area (Å²) in [5.41, 5.74) is 5.67. The molecule has 0 saturated heterocycles. The summed E-state index contributed by atoms with van der Waals surface area (Å²) in [6.45, 7) is 13.2. The van der Waals surface area contributed by atoms with E-state index in [4.69, 9.17) is 5.84 Å². The Labute approximate surface area is 124 Å². The van der Waals surface area contributed by atoms with Gasteiger partial charge in [0.15, 0.2) is 0 Å². The number of benzene rings is 1. The minimum absolute atomic E-state index is 0.0247. The van der Waals surface area contributed by atoms with E-state index in [1.807, 2.05) is 0 Å². The van der Waals surface area contributed by atoms with Crippen molar-refractivity contribution in [2.45, 2.75) is 59.0 Å². The van der Waals surface area contributed by atoms with Gasteiger partial charge in [-0.2, -0.15) is 0 Å². The van der Waals surface area contributed by atoms with Crippen molar-refractivity contribution < 1.29 is 0 Å². The summed E-state index contributed by atoms with van der Waals surface area (Å²) in [5, 5.41) is 0. The fourth-order valence-corrected chi connectivity index (χ4v) is 3.15. The van der Waals surface area contributed by atoms with Crippen LogP contribution in [0.4, 0.5) is 0 Å². The van der Waals surface area contributed by atoms with Gasteiger partial charge in [-0.25, -0.2) is 0 Å². The molecule has 1 aromatic rings. The van der Waals surface area contributed by atoms with Crippen molar-refractivity contribution in [1.82, 2.24) is 10.3 Å². The Kier molecular flexibility index (Phi) is 6.66. The average Bonchev–Trinajstić information content (AvgIpc) is 2.41. The first-order valence-electron chi connectivity index (χ1n) is 7.81. The monoisotopic (exact) mass is 277 g/mol. The zero-order chi connectivity index (χ0) is 15.2. The first kappa shape index (κ1) is 17.2. The molecule has 1 aromatic carbocycles. The van der Waals surface area contributed by atoms with Crippen molar-refractivity contribution in [2.75, 3.05) is 13.1 Å². The minimum Gasteiger partial charge on any atom is -0.297 e. The van der Waals surface area contributed by atoms with E-state index in [1.165, 1.54) is 17.5 Å². The quantitative estimate of drug-likeness (QED) is 0.566. The maximum atomic E-state index is 5.89. The Balaban J connectivity index is 3.08. The number of aryl methyl sites for hydroxylation is 1. The Morgan fingerprint density at radius 3 is 2.35 bits per heavy atom. The lowest BCUT2D eigenvalue weighted by Gasteiger charge is -2.43. The molecule has 3 nitrogen and oxygen atoms in total. The molecule has 3 heteroatoms. The molecule has 0 aliphatic carbocycles. The van der Waals surface area contributed by atoms with Crippen LogP contribution >= 0.6 is 0 Å². The van der Waals surface area contributed by atoms with Crippen LogP contribution in [0.3, 0.4) is 0 Å². The van der Waals surface area contributed by atoms with E-state index in [0.717, 1.165) is 19.5 Å². The lowest BCUT2D eigenvalue weighted by molar-refractivity contribution is 0.0912. The fourth-order valence-electron chi connectivity index (χ4n) is 3.15. The van der Waals surface area contributed by atoms with Crippen LogP contribution in [0.2, 0.25) is 0 Å². The van der Waals surface area contributed by atoms with E-state index >= 15 is 0 Å². The zero-order valence-electron chi connectivity index (χ0n) is 13.7. The van der Waals surface area contributed by atoms with Gasteiger partial charge in [-0.15, -0.1) is 0 Å². The lowest BCUT2D eigenvalue weighted by atomic mass is 9.86. The van der Waals surface area contributed by atoms with Crippen molar-refractivity contribution in [3.05, 3.63) is 35.4 Å². The molecule has 114 valence electrons. The summed E-state index contributed by atoms with van der Waals surface area (Å²) in [4.78, 5) is 2.45. The van der Waals surface area contributed by atoms with E-state index < -0.39 is 0 Å². The average molecular weight is 277 g/mol. The number of hydrogen-bond donors (Lipinski definition) is 2. The second-order valence-corrected chi connectivity index (χ2v) is 5.92. The highest BCUT2D eigenvalue weighted by Gasteiger charge is 2.34. The summed E-state index contributed by atoms with van der Waals surface area (Å²) in [6.07, 6.45) is 2.29. The Bertz CT molecular complexity index is 397. The molecule has 0 heterocycles. The summed E-state index contributed by atoms with van der Waals surface area (Å²) < 4.78 is 0. The maximum absolute atomic E-state index is 5.89. The van der Waals surface area contributed by atoms with Crippen LogP contribution in [0.25, 0.3) is 0 Å². The van der Waals surface area contributed by atoms with Gasteiger partial charge < -0.3 is 0 Å². The molecule has 1 atom stereocenters. The number of nitrogens with one attached hydrogen (secondary N) is 1. The molecule has 3 N–H and O–H groups in total. The topological polar surface area (TPSA) is 41.3 Å². The maximum Gasteiger partial charge on any atom is 0.0638 e. The minimum atomic E-state index is -0.0247. The molecule has 0 amide bonds. The predicted octanol–water partition coefficient (Wildman–Crippen LogP) is 3.26. The highest BCUT2D eigenvalue weighted by Crippen LogP contribution is 2.31. The van der Waals surface area contributed by atoms with Crippen LogP contribution in [0.15, 0.2) is 24.3 Å². The summed E-state index contributed by atoms with van der Waals surface area (Å²) in [6, 6.07) is 8.93. The smallest absolute Gasteiger partial charge is 0.0638 e. The molecule has 0 spiro atoms. The molecule has 0 aromatic heterocycles. The largest absolute Gasteiger partial charge is 0.297 e. The van der Waals surface area contributed by atoms with Crippen LogP contribution in [0, 0.1) is 0 Å². The summed E-state index contributed by atoms with van der Waals surface area (Å²) >= 11 is 0. The van der Waals surface area contributed by atoms with Crippen LogP contribution < -0.4 is 11.3 Å². The van der Waals surface area contributed by atoms with Gasteiger partial charge in [0.05, 0.1) is 6.04 Å². The van der Waals surface area contributed by atoms with Gasteiger partial charge in [0.2, 0.25) is 0 Å². The Hall–Kier alpha value is -0.900. The number of hydrogen-bond acceptors (Lipinski definition) is 3. The van der Waals surface area contributed by atoms with Crippen molar-refractivity contribution in [2.24, 2.45) is 5.84 Å². The number of nitrogens with two attached hydrogens (primary N) is 1.